The molecule has 1 aromatic rings. The van der Waals surface area contributed by atoms with Crippen LogP contribution in [0.3, 0.4) is 0 Å². The van der Waals surface area contributed by atoms with E-state index in [1.165, 1.54) is 29.7 Å². The largest absolute Gasteiger partial charge is 0.508 e. The van der Waals surface area contributed by atoms with Crippen LogP contribution in [0, 0.1) is 5.92 Å². The molecule has 0 aromatic heterocycles. The molecule has 106 valence electrons. The molecule has 0 spiro atoms. The molecule has 20 heavy (non-hydrogen) atoms. The lowest BCUT2D eigenvalue weighted by Crippen LogP contribution is -2.60. The Morgan fingerprint density at radius 3 is 2.95 bits per heavy atom. The van der Waals surface area contributed by atoms with Crippen molar-refractivity contribution in [3.05, 3.63) is 41.0 Å². The summed E-state index contributed by atoms with van der Waals surface area (Å²) in [6.45, 7) is 9.38. The van der Waals surface area contributed by atoms with Crippen LogP contribution in [0.5, 0.6) is 5.75 Å². The summed E-state index contributed by atoms with van der Waals surface area (Å²) in [5, 5.41) is 9.94. The summed E-state index contributed by atoms with van der Waals surface area (Å²) in [5.41, 5.74) is 4.53. The van der Waals surface area contributed by atoms with Gasteiger partial charge in [0.25, 0.3) is 0 Å². The van der Waals surface area contributed by atoms with Gasteiger partial charge in [0.05, 0.1) is 0 Å². The maximum absolute atomic E-state index is 9.94. The van der Waals surface area contributed by atoms with Crippen LogP contribution in [-0.2, 0) is 5.41 Å². The number of hydrogen-bond acceptors (Lipinski definition) is 2. The summed E-state index contributed by atoms with van der Waals surface area (Å²) in [5.74, 6) is 1.55. The van der Waals surface area contributed by atoms with Gasteiger partial charge in [0, 0.05) is 18.5 Å². The van der Waals surface area contributed by atoms with Crippen LogP contribution in [-0.4, -0.2) is 29.1 Å². The predicted molar refractivity (Wildman–Crippen MR) is 81.1 cm³/mol. The van der Waals surface area contributed by atoms with Crippen molar-refractivity contribution >= 4 is 0 Å². The van der Waals surface area contributed by atoms with Crippen LogP contribution in [0.2, 0.25) is 0 Å². The van der Waals surface area contributed by atoms with Gasteiger partial charge in [-0.2, -0.15) is 0 Å². The summed E-state index contributed by atoms with van der Waals surface area (Å²) in [7, 11) is 0. The average molecular weight is 269 g/mol. The van der Waals surface area contributed by atoms with Crippen molar-refractivity contribution in [2.45, 2.75) is 44.6 Å². The Bertz CT molecular complexity index is 605. The standard InChI is InChI=1S/C18H23NO/c1-11-8-15-14-5-4-13(20)9-16(14)18(3)6-7-19(10-11)17(15)12(18)2/h4-5,8-9,12,15,17,20H,6-7,10H2,1-3H3/t12-,15+,17-,18+/m0/s1. The molecule has 4 atom stereocenters. The van der Waals surface area contributed by atoms with Gasteiger partial charge in [-0.25, -0.2) is 0 Å². The van der Waals surface area contributed by atoms with E-state index in [1.807, 2.05) is 12.1 Å². The zero-order valence-corrected chi connectivity index (χ0v) is 12.6. The second-order valence-corrected chi connectivity index (χ2v) is 7.23. The fourth-order valence-electron chi connectivity index (χ4n) is 4.93. The number of nitrogens with zero attached hydrogens (tertiary/aromatic N) is 1. The van der Waals surface area contributed by atoms with Gasteiger partial charge < -0.3 is 5.11 Å². The van der Waals surface area contributed by atoms with E-state index in [0.717, 1.165) is 6.54 Å². The third-order valence-corrected chi connectivity index (χ3v) is 6.15. The number of piperidine rings is 1. The second-order valence-electron chi connectivity index (χ2n) is 7.23. The highest BCUT2D eigenvalue weighted by molar-refractivity contribution is 5.49. The van der Waals surface area contributed by atoms with Crippen molar-refractivity contribution < 1.29 is 5.11 Å². The number of aromatic hydroxyl groups is 1. The highest BCUT2D eigenvalue weighted by Gasteiger charge is 2.52. The van der Waals surface area contributed by atoms with Crippen LogP contribution < -0.4 is 0 Å². The van der Waals surface area contributed by atoms with Crippen LogP contribution in [0.25, 0.3) is 0 Å². The van der Waals surface area contributed by atoms with E-state index in [4.69, 9.17) is 0 Å². The third kappa shape index (κ3) is 1.43. The first-order valence-corrected chi connectivity index (χ1v) is 7.75. The molecule has 1 fully saturated rings. The number of rotatable bonds is 0. The summed E-state index contributed by atoms with van der Waals surface area (Å²) in [6, 6.07) is 6.67. The van der Waals surface area contributed by atoms with Gasteiger partial charge in [0.2, 0.25) is 0 Å². The fourth-order valence-corrected chi connectivity index (χ4v) is 4.93. The van der Waals surface area contributed by atoms with Crippen molar-refractivity contribution in [2.75, 3.05) is 13.1 Å². The van der Waals surface area contributed by atoms with Crippen molar-refractivity contribution in [1.29, 1.82) is 0 Å². The van der Waals surface area contributed by atoms with Crippen LogP contribution in [0.1, 0.15) is 44.2 Å². The van der Waals surface area contributed by atoms with Gasteiger partial charge in [-0.05, 0) is 54.5 Å². The summed E-state index contributed by atoms with van der Waals surface area (Å²) >= 11 is 0. The first-order valence-electron chi connectivity index (χ1n) is 7.75. The normalized spacial score (nSPS) is 39.1. The highest BCUT2D eigenvalue weighted by Crippen LogP contribution is 2.55. The molecule has 4 rings (SSSR count). The quantitative estimate of drug-likeness (QED) is 0.730. The molecule has 2 heterocycles. The summed E-state index contributed by atoms with van der Waals surface area (Å²) in [4.78, 5) is 2.68. The Morgan fingerprint density at radius 2 is 2.15 bits per heavy atom. The molecule has 3 aliphatic rings. The minimum absolute atomic E-state index is 0.213. The molecule has 0 saturated carbocycles. The number of benzene rings is 1. The Kier molecular flexibility index (Phi) is 2.42. The van der Waals surface area contributed by atoms with Gasteiger partial charge in [-0.1, -0.05) is 31.6 Å². The highest BCUT2D eigenvalue weighted by atomic mass is 16.3. The van der Waals surface area contributed by atoms with Crippen molar-refractivity contribution in [1.82, 2.24) is 4.90 Å². The smallest absolute Gasteiger partial charge is 0.115 e. The molecule has 2 nitrogen and oxygen atoms in total. The Hall–Kier alpha value is -1.28. The van der Waals surface area contributed by atoms with Gasteiger partial charge in [0.1, 0.15) is 5.75 Å². The lowest BCUT2D eigenvalue weighted by molar-refractivity contribution is 0.0220. The fraction of sp³-hybridized carbons (Fsp3) is 0.556. The van der Waals surface area contributed by atoms with E-state index >= 15 is 0 Å². The molecular formula is C18H23NO. The van der Waals surface area contributed by atoms with E-state index in [9.17, 15) is 5.11 Å². The van der Waals surface area contributed by atoms with Crippen molar-refractivity contribution in [3.63, 3.8) is 0 Å². The molecule has 0 unspecified atom stereocenters. The van der Waals surface area contributed by atoms with Crippen molar-refractivity contribution in [3.8, 4) is 5.75 Å². The molecule has 2 heteroatoms. The molecule has 2 bridgehead atoms. The van der Waals surface area contributed by atoms with Gasteiger partial charge >= 0.3 is 0 Å². The van der Waals surface area contributed by atoms with E-state index < -0.39 is 0 Å². The van der Waals surface area contributed by atoms with E-state index in [-0.39, 0.29) is 5.41 Å². The number of fused-ring (bicyclic) bond motifs is 4. The number of hydrogen-bond donors (Lipinski definition) is 1. The Morgan fingerprint density at radius 1 is 1.35 bits per heavy atom. The van der Waals surface area contributed by atoms with Crippen LogP contribution in [0.4, 0.5) is 0 Å². The molecular weight excluding hydrogens is 246 g/mol. The molecule has 1 aromatic carbocycles. The number of phenols is 1. The lowest BCUT2D eigenvalue weighted by atomic mass is 9.55. The average Bonchev–Trinajstić information content (AvgIpc) is 2.41. The first-order chi connectivity index (χ1) is 9.50. The minimum Gasteiger partial charge on any atom is -0.508 e. The maximum atomic E-state index is 9.94. The zero-order valence-electron chi connectivity index (χ0n) is 12.6. The predicted octanol–water partition coefficient (Wildman–Crippen LogP) is 3.42. The Labute approximate surface area is 121 Å². The van der Waals surface area contributed by atoms with Crippen LogP contribution in [0.15, 0.2) is 29.8 Å². The summed E-state index contributed by atoms with van der Waals surface area (Å²) < 4.78 is 0. The van der Waals surface area contributed by atoms with Crippen molar-refractivity contribution in [2.24, 2.45) is 5.92 Å². The maximum Gasteiger partial charge on any atom is 0.115 e. The zero-order chi connectivity index (χ0) is 14.1. The third-order valence-electron chi connectivity index (χ3n) is 6.15. The molecule has 1 N–H and O–H groups in total. The topological polar surface area (TPSA) is 23.5 Å². The van der Waals surface area contributed by atoms with E-state index in [2.05, 4.69) is 37.8 Å². The van der Waals surface area contributed by atoms with E-state index in [0.29, 0.717) is 23.6 Å². The second kappa shape index (κ2) is 3.88. The molecule has 2 aliphatic heterocycles. The van der Waals surface area contributed by atoms with Gasteiger partial charge in [-0.15, -0.1) is 0 Å². The molecule has 0 radical (unpaired) electrons. The number of phenolic OH excluding ortho intramolecular Hbond substituents is 1. The Balaban J connectivity index is 1.99. The van der Waals surface area contributed by atoms with E-state index in [1.54, 1.807) is 0 Å². The van der Waals surface area contributed by atoms with Gasteiger partial charge in [0.15, 0.2) is 0 Å². The SMILES string of the molecule is CC1=C[C@@H]2c3ccc(O)cc3[C@]3(C)CCN(C1)[C@H]2[C@@H]3C. The lowest BCUT2D eigenvalue weighted by Gasteiger charge is -2.58. The molecule has 1 aliphatic carbocycles. The van der Waals surface area contributed by atoms with Gasteiger partial charge in [-0.3, -0.25) is 4.90 Å². The monoisotopic (exact) mass is 269 g/mol. The molecule has 1 saturated heterocycles. The first kappa shape index (κ1) is 12.5. The summed E-state index contributed by atoms with van der Waals surface area (Å²) in [6.07, 6.45) is 3.67. The minimum atomic E-state index is 0.213. The molecule has 0 amide bonds. The van der Waals surface area contributed by atoms with Crippen LogP contribution >= 0.6 is 0 Å².